The minimum absolute atomic E-state index is 0.228. The van der Waals surface area contributed by atoms with Crippen LogP contribution in [0, 0.1) is 0 Å². The summed E-state index contributed by atoms with van der Waals surface area (Å²) in [4.78, 5) is 12.0. The summed E-state index contributed by atoms with van der Waals surface area (Å²) in [6.45, 7) is 0.228. The van der Waals surface area contributed by atoms with E-state index >= 15 is 0 Å². The van der Waals surface area contributed by atoms with Crippen molar-refractivity contribution in [2.24, 2.45) is 0 Å². The summed E-state index contributed by atoms with van der Waals surface area (Å²) < 4.78 is 16.0. The molecule has 2 aliphatic heterocycles. The number of ether oxygens (including phenoxy) is 3. The van der Waals surface area contributed by atoms with E-state index in [2.05, 4.69) is 5.32 Å². The van der Waals surface area contributed by atoms with E-state index in [1.54, 1.807) is 6.08 Å². The van der Waals surface area contributed by atoms with Gasteiger partial charge < -0.3 is 19.5 Å². The fourth-order valence-corrected chi connectivity index (χ4v) is 2.45. The predicted octanol–water partition coefficient (Wildman–Crippen LogP) is 2.60. The lowest BCUT2D eigenvalue weighted by atomic mass is 10.1. The third-order valence-electron chi connectivity index (χ3n) is 3.54. The molecule has 2 aromatic carbocycles. The van der Waals surface area contributed by atoms with Gasteiger partial charge in [0.25, 0.3) is 0 Å². The highest BCUT2D eigenvalue weighted by atomic mass is 16.7. The summed E-state index contributed by atoms with van der Waals surface area (Å²) in [7, 11) is 0. The van der Waals surface area contributed by atoms with Crippen LogP contribution in [0.5, 0.6) is 11.5 Å². The van der Waals surface area contributed by atoms with Crippen molar-refractivity contribution in [1.29, 1.82) is 0 Å². The summed E-state index contributed by atoms with van der Waals surface area (Å²) >= 11 is 0. The molecule has 4 rings (SSSR count). The minimum Gasteiger partial charge on any atom is -0.454 e. The molecule has 2 aliphatic rings. The van der Waals surface area contributed by atoms with E-state index in [1.165, 1.54) is 0 Å². The van der Waals surface area contributed by atoms with Crippen LogP contribution >= 0.6 is 0 Å². The lowest BCUT2D eigenvalue weighted by Crippen LogP contribution is -2.12. The summed E-state index contributed by atoms with van der Waals surface area (Å²) in [5.41, 5.74) is 2.18. The van der Waals surface area contributed by atoms with Crippen molar-refractivity contribution in [2.45, 2.75) is 6.23 Å². The second-order valence-corrected chi connectivity index (χ2v) is 5.01. The summed E-state index contributed by atoms with van der Waals surface area (Å²) in [5.74, 6) is 1.03. The van der Waals surface area contributed by atoms with Crippen LogP contribution in [0.4, 0.5) is 0 Å². The van der Waals surface area contributed by atoms with Crippen LogP contribution in [0.25, 0.3) is 6.08 Å². The van der Waals surface area contributed by atoms with Gasteiger partial charge in [0.15, 0.2) is 17.7 Å². The van der Waals surface area contributed by atoms with Crippen LogP contribution in [0.1, 0.15) is 17.4 Å². The topological polar surface area (TPSA) is 56.8 Å². The van der Waals surface area contributed by atoms with Gasteiger partial charge >= 0.3 is 5.97 Å². The largest absolute Gasteiger partial charge is 0.454 e. The summed E-state index contributed by atoms with van der Waals surface area (Å²) in [5, 5.41) is 3.09. The number of carbonyl (C=O) groups is 1. The smallest absolute Gasteiger partial charge is 0.356 e. The summed E-state index contributed by atoms with van der Waals surface area (Å²) in [6, 6.07) is 15.1. The van der Waals surface area contributed by atoms with Crippen molar-refractivity contribution in [3.05, 3.63) is 65.4 Å². The first-order chi connectivity index (χ1) is 10.8. The molecule has 2 aromatic rings. The average Bonchev–Trinajstić information content (AvgIpc) is 3.15. The number of rotatable bonds is 2. The van der Waals surface area contributed by atoms with Crippen molar-refractivity contribution < 1.29 is 19.0 Å². The van der Waals surface area contributed by atoms with Crippen molar-refractivity contribution in [1.82, 2.24) is 5.32 Å². The highest BCUT2D eigenvalue weighted by Crippen LogP contribution is 2.33. The number of nitrogens with one attached hydrogen (secondary N) is 1. The molecule has 1 atom stereocenters. The van der Waals surface area contributed by atoms with Crippen LogP contribution < -0.4 is 14.8 Å². The Morgan fingerprint density at radius 2 is 1.86 bits per heavy atom. The van der Waals surface area contributed by atoms with E-state index < -0.39 is 6.23 Å². The van der Waals surface area contributed by atoms with E-state index in [-0.39, 0.29) is 12.8 Å². The average molecular weight is 295 g/mol. The van der Waals surface area contributed by atoms with Crippen LogP contribution in [-0.2, 0) is 9.53 Å². The fraction of sp³-hybridized carbons (Fsp3) is 0.118. The minimum atomic E-state index is -0.450. The molecule has 0 spiro atoms. The fourth-order valence-electron chi connectivity index (χ4n) is 2.45. The van der Waals surface area contributed by atoms with Gasteiger partial charge in [-0.15, -0.1) is 0 Å². The lowest BCUT2D eigenvalue weighted by Gasteiger charge is -2.08. The molecule has 0 bridgehead atoms. The standard InChI is InChI=1S/C17H13NO4/c19-17-13(18-16(22-17)12-4-2-1-3-5-12)8-11-6-7-14-15(9-11)21-10-20-14/h1-9,16,18H,10H2/b13-8-/t16-/m1/s1. The molecule has 1 fully saturated rings. The number of hydrogen-bond donors (Lipinski definition) is 1. The molecular weight excluding hydrogens is 282 g/mol. The van der Waals surface area contributed by atoms with Crippen LogP contribution in [0.3, 0.4) is 0 Å². The first kappa shape index (κ1) is 12.8. The molecule has 2 heterocycles. The Labute approximate surface area is 127 Å². The van der Waals surface area contributed by atoms with Gasteiger partial charge in [-0.2, -0.15) is 0 Å². The highest BCUT2D eigenvalue weighted by Gasteiger charge is 2.29. The molecule has 0 aromatic heterocycles. The Morgan fingerprint density at radius 3 is 2.73 bits per heavy atom. The highest BCUT2D eigenvalue weighted by molar-refractivity contribution is 5.95. The Kier molecular flexibility index (Phi) is 2.96. The third kappa shape index (κ3) is 2.26. The SMILES string of the molecule is O=C1O[C@H](c2ccccc2)N/C1=C\c1ccc2c(c1)OCO2. The molecule has 0 radical (unpaired) electrons. The van der Waals surface area contributed by atoms with E-state index in [1.807, 2.05) is 48.5 Å². The quantitative estimate of drug-likeness (QED) is 0.682. The van der Waals surface area contributed by atoms with E-state index in [0.29, 0.717) is 17.2 Å². The van der Waals surface area contributed by atoms with Gasteiger partial charge in [0.05, 0.1) is 0 Å². The predicted molar refractivity (Wildman–Crippen MR) is 79.0 cm³/mol. The van der Waals surface area contributed by atoms with Crippen LogP contribution in [-0.4, -0.2) is 12.8 Å². The first-order valence-electron chi connectivity index (χ1n) is 6.93. The maximum Gasteiger partial charge on any atom is 0.356 e. The molecule has 1 N–H and O–H groups in total. The maximum absolute atomic E-state index is 12.0. The van der Waals surface area contributed by atoms with Crippen molar-refractivity contribution in [3.8, 4) is 11.5 Å². The Bertz CT molecular complexity index is 755. The number of benzene rings is 2. The zero-order valence-electron chi connectivity index (χ0n) is 11.6. The molecule has 1 saturated heterocycles. The first-order valence-corrected chi connectivity index (χ1v) is 6.93. The van der Waals surface area contributed by atoms with Gasteiger partial charge in [0.1, 0.15) is 5.70 Å². The van der Waals surface area contributed by atoms with Gasteiger partial charge in [0.2, 0.25) is 6.79 Å². The van der Waals surface area contributed by atoms with Gasteiger partial charge in [-0.1, -0.05) is 36.4 Å². The Morgan fingerprint density at radius 1 is 1.05 bits per heavy atom. The maximum atomic E-state index is 12.0. The second kappa shape index (κ2) is 5.11. The van der Waals surface area contributed by atoms with Crippen molar-refractivity contribution >= 4 is 12.0 Å². The van der Waals surface area contributed by atoms with Crippen LogP contribution in [0.2, 0.25) is 0 Å². The van der Waals surface area contributed by atoms with Gasteiger partial charge in [-0.05, 0) is 23.8 Å². The van der Waals surface area contributed by atoms with Crippen molar-refractivity contribution in [2.75, 3.05) is 6.79 Å². The number of fused-ring (bicyclic) bond motifs is 1. The van der Waals surface area contributed by atoms with E-state index in [9.17, 15) is 4.79 Å². The number of carbonyl (C=O) groups excluding carboxylic acids is 1. The molecule has 0 aliphatic carbocycles. The summed E-state index contributed by atoms with van der Waals surface area (Å²) in [6.07, 6.45) is 1.29. The van der Waals surface area contributed by atoms with E-state index in [0.717, 1.165) is 11.1 Å². The number of esters is 1. The van der Waals surface area contributed by atoms with Crippen molar-refractivity contribution in [3.63, 3.8) is 0 Å². The zero-order valence-corrected chi connectivity index (χ0v) is 11.6. The molecule has 110 valence electrons. The number of hydrogen-bond acceptors (Lipinski definition) is 5. The second-order valence-electron chi connectivity index (χ2n) is 5.01. The lowest BCUT2D eigenvalue weighted by molar-refractivity contribution is -0.139. The van der Waals surface area contributed by atoms with Gasteiger partial charge in [-0.3, -0.25) is 0 Å². The monoisotopic (exact) mass is 295 g/mol. The van der Waals surface area contributed by atoms with Gasteiger partial charge in [-0.25, -0.2) is 4.79 Å². The molecule has 0 unspecified atom stereocenters. The van der Waals surface area contributed by atoms with Crippen LogP contribution in [0.15, 0.2) is 54.2 Å². The normalized spacial score (nSPS) is 20.8. The van der Waals surface area contributed by atoms with Gasteiger partial charge in [0, 0.05) is 5.56 Å². The Balaban J connectivity index is 1.59. The molecular formula is C17H13NO4. The zero-order chi connectivity index (χ0) is 14.9. The molecule has 5 nitrogen and oxygen atoms in total. The molecule has 5 heteroatoms. The molecule has 0 amide bonds. The molecule has 22 heavy (non-hydrogen) atoms. The van der Waals surface area contributed by atoms with E-state index in [4.69, 9.17) is 14.2 Å². The Hall–Kier alpha value is -2.95. The third-order valence-corrected chi connectivity index (χ3v) is 3.54. The number of cyclic esters (lactones) is 1. The molecule has 0 saturated carbocycles.